The van der Waals surface area contributed by atoms with Crippen LogP contribution in [-0.4, -0.2) is 16.8 Å². The van der Waals surface area contributed by atoms with Crippen LogP contribution in [0.25, 0.3) is 21.9 Å². The summed E-state index contributed by atoms with van der Waals surface area (Å²) < 4.78 is 54.1. The first-order valence-electron chi connectivity index (χ1n) is 6.21. The number of sulfonamides is 2. The van der Waals surface area contributed by atoms with Crippen molar-refractivity contribution in [2.45, 2.75) is 9.79 Å². The molecule has 0 atom stereocenters. The lowest BCUT2D eigenvalue weighted by Gasteiger charge is -2.10. The van der Waals surface area contributed by atoms with Crippen LogP contribution in [0.2, 0.25) is 0 Å². The molecule has 0 radical (unpaired) electrons. The number of hydrazine groups is 2. The molecule has 0 bridgehead atoms. The minimum atomic E-state index is -4.34. The third-order valence-corrected chi connectivity index (χ3v) is 5.95. The van der Waals surface area contributed by atoms with Crippen LogP contribution < -0.4 is 21.3 Å². The average molecular weight is 356 g/mol. The van der Waals surface area contributed by atoms with Gasteiger partial charge in [0, 0.05) is 10.8 Å². The smallest absolute Gasteiger partial charge is 0.258 e. The topological polar surface area (TPSA) is 158 Å². The summed E-state index contributed by atoms with van der Waals surface area (Å²) in [7, 11) is -8.59. The quantitative estimate of drug-likeness (QED) is 0.375. The molecule has 122 valence electrons. The number of fused-ring (bicyclic) bond motifs is 3. The lowest BCUT2D eigenvalue weighted by Crippen LogP contribution is -2.35. The van der Waals surface area contributed by atoms with E-state index < -0.39 is 29.8 Å². The van der Waals surface area contributed by atoms with Crippen LogP contribution >= 0.6 is 0 Å². The van der Waals surface area contributed by atoms with E-state index in [1.54, 1.807) is 33.9 Å². The van der Waals surface area contributed by atoms with Gasteiger partial charge >= 0.3 is 0 Å². The van der Waals surface area contributed by atoms with Crippen molar-refractivity contribution in [3.05, 3.63) is 36.4 Å². The largest absolute Gasteiger partial charge is 0.455 e. The number of benzene rings is 2. The van der Waals surface area contributed by atoms with Crippen LogP contribution in [0.5, 0.6) is 0 Å². The van der Waals surface area contributed by atoms with Gasteiger partial charge in [0.25, 0.3) is 20.0 Å². The molecular formula is C12H12N4O5S2. The Morgan fingerprint density at radius 3 is 2.13 bits per heavy atom. The number of nitrogens with two attached hydrogens (primary N) is 2. The summed E-state index contributed by atoms with van der Waals surface area (Å²) in [5, 5.41) is 1.08. The van der Waals surface area contributed by atoms with Crippen molar-refractivity contribution in [3.8, 4) is 0 Å². The van der Waals surface area contributed by atoms with E-state index in [1.165, 1.54) is 6.07 Å². The molecule has 0 saturated heterocycles. The first kappa shape index (κ1) is 15.9. The fourth-order valence-electron chi connectivity index (χ4n) is 2.33. The van der Waals surface area contributed by atoms with Crippen LogP contribution in [0.3, 0.4) is 0 Å². The van der Waals surface area contributed by atoms with Gasteiger partial charge in [-0.05, 0) is 18.2 Å². The fourth-order valence-corrected chi connectivity index (χ4v) is 4.55. The highest BCUT2D eigenvalue weighted by molar-refractivity contribution is 7.92. The molecule has 0 aliphatic carbocycles. The van der Waals surface area contributed by atoms with Crippen LogP contribution in [0.1, 0.15) is 0 Å². The fraction of sp³-hybridized carbons (Fsp3) is 0. The van der Waals surface area contributed by atoms with Crippen LogP contribution in [-0.2, 0) is 20.0 Å². The van der Waals surface area contributed by atoms with Crippen molar-refractivity contribution < 1.29 is 21.3 Å². The number of furan rings is 1. The van der Waals surface area contributed by atoms with Gasteiger partial charge in [-0.25, -0.2) is 16.8 Å². The van der Waals surface area contributed by atoms with Gasteiger partial charge in [-0.3, -0.25) is 11.7 Å². The van der Waals surface area contributed by atoms with Crippen LogP contribution in [0.4, 0.5) is 0 Å². The van der Waals surface area contributed by atoms with E-state index in [2.05, 4.69) is 0 Å². The third kappa shape index (κ3) is 2.39. The first-order chi connectivity index (χ1) is 10.8. The Kier molecular flexibility index (Phi) is 3.63. The number of hydrogen-bond donors (Lipinski definition) is 4. The van der Waals surface area contributed by atoms with Gasteiger partial charge in [0.2, 0.25) is 0 Å². The SMILES string of the molecule is NNS(=O)(=O)c1ccc2c(oc3ccccc32)c1S(=O)(=O)NN. The lowest BCUT2D eigenvalue weighted by atomic mass is 10.1. The van der Waals surface area contributed by atoms with Gasteiger partial charge in [0.15, 0.2) is 5.58 Å². The molecule has 11 heteroatoms. The second-order valence-electron chi connectivity index (χ2n) is 4.61. The third-order valence-electron chi connectivity index (χ3n) is 3.33. The molecule has 3 aromatic rings. The van der Waals surface area contributed by atoms with Crippen molar-refractivity contribution >= 4 is 42.0 Å². The monoisotopic (exact) mass is 356 g/mol. The van der Waals surface area contributed by atoms with Gasteiger partial charge < -0.3 is 4.42 Å². The highest BCUT2D eigenvalue weighted by Crippen LogP contribution is 2.36. The molecule has 0 unspecified atom stereocenters. The number of nitrogens with one attached hydrogen (secondary N) is 2. The van der Waals surface area contributed by atoms with Gasteiger partial charge in [-0.2, -0.15) is 4.83 Å². The zero-order valence-electron chi connectivity index (χ0n) is 11.5. The normalized spacial score (nSPS) is 13.0. The maximum absolute atomic E-state index is 12.2. The van der Waals surface area contributed by atoms with Crippen molar-refractivity contribution in [1.82, 2.24) is 9.66 Å². The molecule has 6 N–H and O–H groups in total. The summed E-state index contributed by atoms with van der Waals surface area (Å²) in [4.78, 5) is 2.03. The lowest BCUT2D eigenvalue weighted by molar-refractivity contribution is 0.566. The molecule has 0 saturated carbocycles. The summed E-state index contributed by atoms with van der Waals surface area (Å²) >= 11 is 0. The number of hydrogen-bond acceptors (Lipinski definition) is 7. The van der Waals surface area contributed by atoms with E-state index in [0.717, 1.165) is 6.07 Å². The Morgan fingerprint density at radius 1 is 0.826 bits per heavy atom. The molecule has 0 fully saturated rings. The minimum Gasteiger partial charge on any atom is -0.455 e. The van der Waals surface area contributed by atoms with Gasteiger partial charge in [0.1, 0.15) is 15.4 Å². The van der Waals surface area contributed by atoms with E-state index in [0.29, 0.717) is 16.4 Å². The van der Waals surface area contributed by atoms with E-state index >= 15 is 0 Å². The minimum absolute atomic E-state index is 0.125. The van der Waals surface area contributed by atoms with E-state index in [4.69, 9.17) is 16.1 Å². The predicted octanol–water partition coefficient (Wildman–Crippen LogP) is -0.110. The molecule has 0 spiro atoms. The average Bonchev–Trinajstić information content (AvgIpc) is 2.92. The van der Waals surface area contributed by atoms with E-state index in [9.17, 15) is 16.8 Å². The van der Waals surface area contributed by atoms with Crippen molar-refractivity contribution in [1.29, 1.82) is 0 Å². The van der Waals surface area contributed by atoms with Gasteiger partial charge in [0.05, 0.1) is 0 Å². The van der Waals surface area contributed by atoms with Crippen molar-refractivity contribution in [2.24, 2.45) is 11.7 Å². The summed E-state index contributed by atoms with van der Waals surface area (Å²) in [6.45, 7) is 0. The maximum Gasteiger partial charge on any atom is 0.258 e. The summed E-state index contributed by atoms with van der Waals surface area (Å²) in [6.07, 6.45) is 0. The highest BCUT2D eigenvalue weighted by Gasteiger charge is 2.30. The van der Waals surface area contributed by atoms with E-state index in [-0.39, 0.29) is 5.58 Å². The predicted molar refractivity (Wildman–Crippen MR) is 82.7 cm³/mol. The highest BCUT2D eigenvalue weighted by atomic mass is 32.2. The number of para-hydroxylation sites is 1. The second kappa shape index (κ2) is 5.26. The summed E-state index contributed by atoms with van der Waals surface area (Å²) in [5.41, 5.74) is 0.284. The molecule has 0 aliphatic heterocycles. The Morgan fingerprint density at radius 2 is 1.48 bits per heavy atom. The number of rotatable bonds is 4. The zero-order valence-corrected chi connectivity index (χ0v) is 13.1. The molecule has 3 rings (SSSR count). The Labute approximate surface area is 131 Å². The van der Waals surface area contributed by atoms with E-state index in [1.807, 2.05) is 0 Å². The summed E-state index contributed by atoms with van der Waals surface area (Å²) in [5.74, 6) is 10.0. The van der Waals surface area contributed by atoms with Gasteiger partial charge in [-0.15, -0.1) is 4.83 Å². The molecule has 23 heavy (non-hydrogen) atoms. The molecule has 1 heterocycles. The van der Waals surface area contributed by atoms with Crippen molar-refractivity contribution in [3.63, 3.8) is 0 Å². The first-order valence-corrected chi connectivity index (χ1v) is 9.17. The molecular weight excluding hydrogens is 344 g/mol. The molecule has 2 aromatic carbocycles. The Balaban J connectivity index is 2.57. The van der Waals surface area contributed by atoms with Crippen LogP contribution in [0.15, 0.2) is 50.6 Å². The van der Waals surface area contributed by atoms with Crippen molar-refractivity contribution in [2.75, 3.05) is 0 Å². The molecule has 0 aliphatic rings. The second-order valence-corrected chi connectivity index (χ2v) is 7.94. The van der Waals surface area contributed by atoms with Gasteiger partial charge in [-0.1, -0.05) is 18.2 Å². The molecule has 0 amide bonds. The summed E-state index contributed by atoms with van der Waals surface area (Å²) in [6, 6.07) is 9.39. The molecule has 9 nitrogen and oxygen atoms in total. The van der Waals surface area contributed by atoms with Crippen LogP contribution in [0, 0.1) is 0 Å². The maximum atomic E-state index is 12.2. The Bertz CT molecular complexity index is 1120. The zero-order chi connectivity index (χ0) is 16.8. The molecule has 1 aromatic heterocycles. The standard InChI is InChI=1S/C12H12N4O5S2/c13-15-22(17,18)10-6-5-8-7-3-1-2-4-9(7)21-11(8)12(10)23(19,20)16-14/h1-6,15-16H,13-14H2. The Hall–Kier alpha value is -2.02.